The predicted molar refractivity (Wildman–Crippen MR) is 79.0 cm³/mol. The molecule has 0 spiro atoms. The van der Waals surface area contributed by atoms with Crippen LogP contribution in [0.15, 0.2) is 34.1 Å². The summed E-state index contributed by atoms with van der Waals surface area (Å²) in [7, 11) is -3.41. The Morgan fingerprint density at radius 1 is 1.32 bits per heavy atom. The molecule has 1 aliphatic heterocycles. The van der Waals surface area contributed by atoms with E-state index in [-0.39, 0.29) is 12.1 Å². The van der Waals surface area contributed by atoms with Crippen molar-refractivity contribution < 1.29 is 8.42 Å². The Labute approximate surface area is 119 Å². The monoisotopic (exact) mass is 300 g/mol. The molecule has 1 N–H and O–H groups in total. The van der Waals surface area contributed by atoms with Gasteiger partial charge < -0.3 is 5.32 Å². The molecule has 1 fully saturated rings. The van der Waals surface area contributed by atoms with Crippen LogP contribution in [0.5, 0.6) is 0 Å². The van der Waals surface area contributed by atoms with Crippen LogP contribution in [-0.4, -0.2) is 44.2 Å². The molecule has 2 rings (SSSR count). The van der Waals surface area contributed by atoms with E-state index >= 15 is 0 Å². The number of hydrogen-bond donors (Lipinski definition) is 1. The fraction of sp³-hybridized carbons (Fsp3) is 0.538. The largest absolute Gasteiger partial charge is 0.311 e. The Balaban J connectivity index is 2.42. The molecule has 1 heterocycles. The fourth-order valence-corrected chi connectivity index (χ4v) is 5.15. The Kier molecular flexibility index (Phi) is 4.55. The molecule has 1 saturated heterocycles. The summed E-state index contributed by atoms with van der Waals surface area (Å²) < 4.78 is 27.2. The SMILES string of the molecule is CSc1ccccc1S(=O)(=O)N1CCNC(C)C1C. The maximum atomic E-state index is 12.8. The van der Waals surface area contributed by atoms with E-state index in [1.807, 2.05) is 32.2 Å². The molecule has 106 valence electrons. The number of thioether (sulfide) groups is 1. The highest BCUT2D eigenvalue weighted by Crippen LogP contribution is 2.29. The molecule has 2 unspecified atom stereocenters. The standard InChI is InChI=1S/C13H20N2O2S2/c1-10-11(2)15(9-8-14-10)19(16,17)13-7-5-4-6-12(13)18-3/h4-7,10-11,14H,8-9H2,1-3H3. The zero-order valence-electron chi connectivity index (χ0n) is 11.5. The molecule has 19 heavy (non-hydrogen) atoms. The van der Waals surface area contributed by atoms with Crippen molar-refractivity contribution in [2.75, 3.05) is 19.3 Å². The van der Waals surface area contributed by atoms with Crippen molar-refractivity contribution in [3.05, 3.63) is 24.3 Å². The molecule has 6 heteroatoms. The van der Waals surface area contributed by atoms with Crippen molar-refractivity contribution in [2.24, 2.45) is 0 Å². The third-order valence-electron chi connectivity index (χ3n) is 3.63. The molecule has 4 nitrogen and oxygen atoms in total. The average Bonchev–Trinajstić information content (AvgIpc) is 2.41. The lowest BCUT2D eigenvalue weighted by Crippen LogP contribution is -2.57. The predicted octanol–water partition coefficient (Wildman–Crippen LogP) is 1.78. The summed E-state index contributed by atoms with van der Waals surface area (Å²) in [4.78, 5) is 1.23. The molecule has 1 aliphatic rings. The number of sulfonamides is 1. The van der Waals surface area contributed by atoms with Crippen LogP contribution in [-0.2, 0) is 10.0 Å². The summed E-state index contributed by atoms with van der Waals surface area (Å²) in [6.07, 6.45) is 1.90. The van der Waals surface area contributed by atoms with Gasteiger partial charge in [0.1, 0.15) is 0 Å². The minimum Gasteiger partial charge on any atom is -0.311 e. The maximum Gasteiger partial charge on any atom is 0.244 e. The second-order valence-electron chi connectivity index (χ2n) is 4.75. The highest BCUT2D eigenvalue weighted by atomic mass is 32.2. The van der Waals surface area contributed by atoms with Crippen LogP contribution in [0.1, 0.15) is 13.8 Å². The Morgan fingerprint density at radius 2 is 2.00 bits per heavy atom. The van der Waals surface area contributed by atoms with Crippen LogP contribution in [0.25, 0.3) is 0 Å². The Morgan fingerprint density at radius 3 is 2.68 bits per heavy atom. The molecule has 1 aromatic carbocycles. The second-order valence-corrected chi connectivity index (χ2v) is 7.46. The quantitative estimate of drug-likeness (QED) is 0.865. The van der Waals surface area contributed by atoms with Gasteiger partial charge in [-0.1, -0.05) is 12.1 Å². The van der Waals surface area contributed by atoms with E-state index in [1.54, 1.807) is 16.4 Å². The summed E-state index contributed by atoms with van der Waals surface area (Å²) in [6.45, 7) is 5.20. The number of hydrogen-bond acceptors (Lipinski definition) is 4. The van der Waals surface area contributed by atoms with Gasteiger partial charge in [0.2, 0.25) is 10.0 Å². The van der Waals surface area contributed by atoms with Gasteiger partial charge >= 0.3 is 0 Å². The molecule has 0 saturated carbocycles. The topological polar surface area (TPSA) is 49.4 Å². The molecule has 0 amide bonds. The van der Waals surface area contributed by atoms with E-state index in [0.717, 1.165) is 4.90 Å². The van der Waals surface area contributed by atoms with Gasteiger partial charge in [0.05, 0.1) is 4.90 Å². The van der Waals surface area contributed by atoms with Crippen molar-refractivity contribution in [2.45, 2.75) is 35.7 Å². The lowest BCUT2D eigenvalue weighted by Gasteiger charge is -2.37. The molecule has 0 aromatic heterocycles. The van der Waals surface area contributed by atoms with Crippen molar-refractivity contribution in [3.8, 4) is 0 Å². The van der Waals surface area contributed by atoms with Gasteiger partial charge in [0.15, 0.2) is 0 Å². The number of benzene rings is 1. The number of rotatable bonds is 3. The minimum absolute atomic E-state index is 0.0336. The van der Waals surface area contributed by atoms with Crippen LogP contribution in [0.2, 0.25) is 0 Å². The lowest BCUT2D eigenvalue weighted by molar-refractivity contribution is 0.232. The second kappa shape index (κ2) is 5.83. The van der Waals surface area contributed by atoms with Crippen LogP contribution in [0.4, 0.5) is 0 Å². The van der Waals surface area contributed by atoms with Crippen LogP contribution < -0.4 is 5.32 Å². The molecular weight excluding hydrogens is 280 g/mol. The summed E-state index contributed by atoms with van der Waals surface area (Å²) >= 11 is 1.47. The third kappa shape index (κ3) is 2.81. The Hall–Kier alpha value is -0.560. The maximum absolute atomic E-state index is 12.8. The third-order valence-corrected chi connectivity index (χ3v) is 6.60. The zero-order chi connectivity index (χ0) is 14.0. The van der Waals surface area contributed by atoms with E-state index in [1.165, 1.54) is 11.8 Å². The van der Waals surface area contributed by atoms with Gasteiger partial charge in [-0.25, -0.2) is 8.42 Å². The van der Waals surface area contributed by atoms with Crippen molar-refractivity contribution >= 4 is 21.8 Å². The Bertz CT molecular complexity index is 545. The first-order valence-corrected chi connectivity index (χ1v) is 9.03. The number of piperazine rings is 1. The van der Waals surface area contributed by atoms with Crippen molar-refractivity contribution in [3.63, 3.8) is 0 Å². The van der Waals surface area contributed by atoms with Crippen LogP contribution in [0, 0.1) is 0 Å². The first-order valence-electron chi connectivity index (χ1n) is 6.36. The molecule has 1 aromatic rings. The van der Waals surface area contributed by atoms with E-state index < -0.39 is 10.0 Å². The normalized spacial score (nSPS) is 25.4. The average molecular weight is 300 g/mol. The smallest absolute Gasteiger partial charge is 0.244 e. The minimum atomic E-state index is -3.41. The van der Waals surface area contributed by atoms with E-state index in [4.69, 9.17) is 0 Å². The van der Waals surface area contributed by atoms with Gasteiger partial charge in [0.25, 0.3) is 0 Å². The van der Waals surface area contributed by atoms with E-state index in [2.05, 4.69) is 5.32 Å². The molecular formula is C13H20N2O2S2. The first kappa shape index (κ1) is 14.8. The summed E-state index contributed by atoms with van der Waals surface area (Å²) in [5.41, 5.74) is 0. The van der Waals surface area contributed by atoms with Gasteiger partial charge in [0, 0.05) is 30.1 Å². The fourth-order valence-electron chi connectivity index (χ4n) is 2.32. The molecule has 0 aliphatic carbocycles. The van der Waals surface area contributed by atoms with E-state index in [9.17, 15) is 8.42 Å². The van der Waals surface area contributed by atoms with Gasteiger partial charge in [-0.2, -0.15) is 4.31 Å². The molecule has 2 atom stereocenters. The number of nitrogens with one attached hydrogen (secondary N) is 1. The first-order chi connectivity index (χ1) is 8.98. The highest BCUT2D eigenvalue weighted by molar-refractivity contribution is 7.99. The van der Waals surface area contributed by atoms with Crippen LogP contribution in [0.3, 0.4) is 0 Å². The highest BCUT2D eigenvalue weighted by Gasteiger charge is 2.35. The zero-order valence-corrected chi connectivity index (χ0v) is 13.1. The lowest BCUT2D eigenvalue weighted by atomic mass is 10.1. The van der Waals surface area contributed by atoms with Crippen molar-refractivity contribution in [1.82, 2.24) is 9.62 Å². The van der Waals surface area contributed by atoms with Crippen LogP contribution >= 0.6 is 11.8 Å². The molecule has 0 radical (unpaired) electrons. The summed E-state index contributed by atoms with van der Waals surface area (Å²) in [5, 5.41) is 3.30. The van der Waals surface area contributed by atoms with Gasteiger partial charge in [-0.3, -0.25) is 0 Å². The summed E-state index contributed by atoms with van der Waals surface area (Å²) in [5.74, 6) is 0. The molecule has 0 bridgehead atoms. The summed E-state index contributed by atoms with van der Waals surface area (Å²) in [6, 6.07) is 7.34. The van der Waals surface area contributed by atoms with Gasteiger partial charge in [-0.05, 0) is 32.2 Å². The number of nitrogens with zero attached hydrogens (tertiary/aromatic N) is 1. The van der Waals surface area contributed by atoms with Gasteiger partial charge in [-0.15, -0.1) is 11.8 Å². The van der Waals surface area contributed by atoms with Crippen molar-refractivity contribution in [1.29, 1.82) is 0 Å². The van der Waals surface area contributed by atoms with E-state index in [0.29, 0.717) is 18.0 Å².